The fourth-order valence-corrected chi connectivity index (χ4v) is 2.43. The monoisotopic (exact) mass is 357 g/mol. The van der Waals surface area contributed by atoms with Gasteiger partial charge in [0.15, 0.2) is 0 Å². The van der Waals surface area contributed by atoms with Crippen molar-refractivity contribution in [3.63, 3.8) is 0 Å². The number of methoxy groups -OCH3 is 1. The van der Waals surface area contributed by atoms with Crippen LogP contribution in [0.15, 0.2) is 40.9 Å². The number of benzene rings is 2. The van der Waals surface area contributed by atoms with Crippen molar-refractivity contribution in [1.29, 1.82) is 0 Å². The molecule has 20 heavy (non-hydrogen) atoms. The molecular weight excluding hydrogens is 345 g/mol. The zero-order chi connectivity index (χ0) is 14.7. The Kier molecular flexibility index (Phi) is 5.02. The van der Waals surface area contributed by atoms with Crippen LogP contribution in [0.25, 0.3) is 0 Å². The Morgan fingerprint density at radius 3 is 2.50 bits per heavy atom. The largest absolute Gasteiger partial charge is 0.497 e. The van der Waals surface area contributed by atoms with Crippen LogP contribution in [0.2, 0.25) is 5.02 Å². The average Bonchev–Trinajstić information content (AvgIpc) is 2.45. The van der Waals surface area contributed by atoms with Gasteiger partial charge >= 0.3 is 0 Å². The highest BCUT2D eigenvalue weighted by molar-refractivity contribution is 9.10. The van der Waals surface area contributed by atoms with E-state index in [2.05, 4.69) is 15.9 Å². The lowest BCUT2D eigenvalue weighted by Gasteiger charge is -2.14. The first-order chi connectivity index (χ1) is 9.52. The summed E-state index contributed by atoms with van der Waals surface area (Å²) in [5.74, 6) is 0.308. The molecule has 0 spiro atoms. The van der Waals surface area contributed by atoms with Crippen LogP contribution >= 0.6 is 27.5 Å². The van der Waals surface area contributed by atoms with E-state index in [1.165, 1.54) is 0 Å². The van der Waals surface area contributed by atoms with Gasteiger partial charge in [-0.2, -0.15) is 0 Å². The molecule has 1 atom stereocenters. The van der Waals surface area contributed by atoms with Gasteiger partial charge in [0.1, 0.15) is 11.6 Å². The molecule has 2 aromatic carbocycles. The molecule has 2 nitrogen and oxygen atoms in total. The van der Waals surface area contributed by atoms with E-state index in [9.17, 15) is 4.39 Å². The third-order valence-electron chi connectivity index (χ3n) is 3.08. The number of rotatable bonds is 4. The molecule has 0 radical (unpaired) electrons. The van der Waals surface area contributed by atoms with E-state index in [-0.39, 0.29) is 5.02 Å². The van der Waals surface area contributed by atoms with Crippen LogP contribution in [0.1, 0.15) is 17.2 Å². The van der Waals surface area contributed by atoms with E-state index in [1.54, 1.807) is 19.2 Å². The van der Waals surface area contributed by atoms with E-state index in [0.29, 0.717) is 16.5 Å². The van der Waals surface area contributed by atoms with Crippen LogP contribution in [0.3, 0.4) is 0 Å². The van der Waals surface area contributed by atoms with Gasteiger partial charge in [0.25, 0.3) is 0 Å². The maximum absolute atomic E-state index is 14.1. The van der Waals surface area contributed by atoms with Crippen LogP contribution in [0.4, 0.5) is 4.39 Å². The Bertz CT molecular complexity index is 604. The summed E-state index contributed by atoms with van der Waals surface area (Å²) in [4.78, 5) is 0. The Morgan fingerprint density at radius 2 is 1.90 bits per heavy atom. The molecule has 0 aliphatic rings. The van der Waals surface area contributed by atoms with Gasteiger partial charge in [-0.25, -0.2) is 4.39 Å². The summed E-state index contributed by atoms with van der Waals surface area (Å²) >= 11 is 9.06. The number of hydrogen-bond acceptors (Lipinski definition) is 2. The van der Waals surface area contributed by atoms with Crippen LogP contribution in [0, 0.1) is 5.82 Å². The molecule has 5 heteroatoms. The Hall–Kier alpha value is -1.10. The summed E-state index contributed by atoms with van der Waals surface area (Å²) in [7, 11) is 1.61. The zero-order valence-electron chi connectivity index (χ0n) is 10.9. The van der Waals surface area contributed by atoms with E-state index >= 15 is 0 Å². The molecular formula is C15H14BrClFNO. The highest BCUT2D eigenvalue weighted by Gasteiger charge is 2.16. The van der Waals surface area contributed by atoms with Crippen molar-refractivity contribution >= 4 is 27.5 Å². The number of nitrogens with two attached hydrogens (primary N) is 1. The second kappa shape index (κ2) is 6.57. The van der Waals surface area contributed by atoms with E-state index < -0.39 is 11.9 Å². The summed E-state index contributed by atoms with van der Waals surface area (Å²) in [6, 6.07) is 10.4. The first-order valence-electron chi connectivity index (χ1n) is 6.05. The second-order valence-electron chi connectivity index (χ2n) is 4.42. The van der Waals surface area contributed by atoms with Crippen molar-refractivity contribution in [1.82, 2.24) is 0 Å². The third kappa shape index (κ3) is 3.32. The Labute approximate surface area is 130 Å². The van der Waals surface area contributed by atoms with Gasteiger partial charge < -0.3 is 10.5 Å². The molecule has 0 saturated carbocycles. The summed E-state index contributed by atoms with van der Waals surface area (Å²) in [5, 5.41) is 0.0627. The first kappa shape index (κ1) is 15.3. The molecule has 2 rings (SSSR count). The van der Waals surface area contributed by atoms with E-state index in [4.69, 9.17) is 22.1 Å². The van der Waals surface area contributed by atoms with Gasteiger partial charge in [0, 0.05) is 16.1 Å². The quantitative estimate of drug-likeness (QED) is 0.817. The Morgan fingerprint density at radius 1 is 1.25 bits per heavy atom. The third-order valence-corrected chi connectivity index (χ3v) is 4.34. The summed E-state index contributed by atoms with van der Waals surface area (Å²) < 4.78 is 19.7. The highest BCUT2D eigenvalue weighted by atomic mass is 79.9. The van der Waals surface area contributed by atoms with Gasteiger partial charge in [-0.3, -0.25) is 0 Å². The average molecular weight is 359 g/mol. The molecule has 0 heterocycles. The van der Waals surface area contributed by atoms with Crippen LogP contribution < -0.4 is 10.5 Å². The van der Waals surface area contributed by atoms with Crippen molar-refractivity contribution in [3.8, 4) is 5.75 Å². The maximum Gasteiger partial charge on any atom is 0.147 e. The highest BCUT2D eigenvalue weighted by Crippen LogP contribution is 2.30. The summed E-state index contributed by atoms with van der Waals surface area (Å²) in [6.45, 7) is 0. The number of hydrogen-bond donors (Lipinski definition) is 1. The SMILES string of the molecule is COc1ccc(CC(N)c2ccc(Br)c(Cl)c2F)cc1. The fourth-order valence-electron chi connectivity index (χ4n) is 1.95. The van der Waals surface area contributed by atoms with Crippen molar-refractivity contribution in [2.75, 3.05) is 7.11 Å². The molecule has 106 valence electrons. The fraction of sp³-hybridized carbons (Fsp3) is 0.200. The lowest BCUT2D eigenvalue weighted by atomic mass is 9.99. The number of ether oxygens (including phenoxy) is 1. The number of halogens is 3. The molecule has 0 aliphatic heterocycles. The minimum absolute atomic E-state index is 0.0627. The summed E-state index contributed by atoms with van der Waals surface area (Å²) in [6.07, 6.45) is 0.527. The molecule has 2 N–H and O–H groups in total. The van der Waals surface area contributed by atoms with Crippen molar-refractivity contribution in [2.24, 2.45) is 5.73 Å². The van der Waals surface area contributed by atoms with E-state index in [1.807, 2.05) is 24.3 Å². The predicted molar refractivity (Wildman–Crippen MR) is 82.7 cm³/mol. The molecule has 0 aliphatic carbocycles. The second-order valence-corrected chi connectivity index (χ2v) is 5.66. The lowest BCUT2D eigenvalue weighted by Crippen LogP contribution is -2.15. The molecule has 1 unspecified atom stereocenters. The van der Waals surface area contributed by atoms with E-state index in [0.717, 1.165) is 11.3 Å². The molecule has 2 aromatic rings. The van der Waals surface area contributed by atoms with Crippen LogP contribution in [0.5, 0.6) is 5.75 Å². The van der Waals surface area contributed by atoms with Gasteiger partial charge in [-0.05, 0) is 46.1 Å². The summed E-state index contributed by atoms with van der Waals surface area (Å²) in [5.41, 5.74) is 7.49. The van der Waals surface area contributed by atoms with Gasteiger partial charge in [-0.1, -0.05) is 29.8 Å². The topological polar surface area (TPSA) is 35.2 Å². The minimum Gasteiger partial charge on any atom is -0.497 e. The van der Waals surface area contributed by atoms with Gasteiger partial charge in [0.2, 0.25) is 0 Å². The van der Waals surface area contributed by atoms with Crippen molar-refractivity contribution in [2.45, 2.75) is 12.5 Å². The molecule has 0 saturated heterocycles. The minimum atomic E-state index is -0.470. The predicted octanol–water partition coefficient (Wildman–Crippen LogP) is 4.49. The molecule has 0 amide bonds. The van der Waals surface area contributed by atoms with Gasteiger partial charge in [0.05, 0.1) is 12.1 Å². The maximum atomic E-state index is 14.1. The van der Waals surface area contributed by atoms with Crippen molar-refractivity contribution < 1.29 is 9.13 Å². The molecule has 0 fully saturated rings. The van der Waals surface area contributed by atoms with Crippen LogP contribution in [-0.4, -0.2) is 7.11 Å². The smallest absolute Gasteiger partial charge is 0.147 e. The normalized spacial score (nSPS) is 12.2. The zero-order valence-corrected chi connectivity index (χ0v) is 13.2. The lowest BCUT2D eigenvalue weighted by molar-refractivity contribution is 0.414. The first-order valence-corrected chi connectivity index (χ1v) is 7.22. The standard InChI is InChI=1S/C15H14BrClFNO/c1-20-10-4-2-9(3-5-10)8-13(19)11-6-7-12(16)14(17)15(11)18/h2-7,13H,8,19H2,1H3. The van der Waals surface area contributed by atoms with Crippen LogP contribution in [-0.2, 0) is 6.42 Å². The molecule has 0 bridgehead atoms. The van der Waals surface area contributed by atoms with Gasteiger partial charge in [-0.15, -0.1) is 0 Å². The Balaban J connectivity index is 2.19. The molecule has 0 aromatic heterocycles. The van der Waals surface area contributed by atoms with Crippen molar-refractivity contribution in [3.05, 3.63) is 62.8 Å².